The number of hydrogen-bond donors (Lipinski definition) is 2. The number of carboxylic acid groups (broad SMARTS) is 1. The van der Waals surface area contributed by atoms with Gasteiger partial charge in [-0.25, -0.2) is 0 Å². The minimum absolute atomic E-state index is 0.0731. The van der Waals surface area contributed by atoms with E-state index < -0.39 is 11.9 Å². The van der Waals surface area contributed by atoms with Crippen molar-refractivity contribution in [1.29, 1.82) is 0 Å². The fourth-order valence-electron chi connectivity index (χ4n) is 3.41. The predicted octanol–water partition coefficient (Wildman–Crippen LogP) is 1.81. The number of hydrogen-bond acceptors (Lipinski definition) is 3. The Balaban J connectivity index is 1.90. The summed E-state index contributed by atoms with van der Waals surface area (Å²) in [4.78, 5) is 23.6. The van der Waals surface area contributed by atoms with Gasteiger partial charge < -0.3 is 15.2 Å². The lowest BCUT2D eigenvalue weighted by Gasteiger charge is -2.32. The summed E-state index contributed by atoms with van der Waals surface area (Å²) in [5.41, 5.74) is 0. The van der Waals surface area contributed by atoms with Crippen LogP contribution in [0.25, 0.3) is 0 Å². The summed E-state index contributed by atoms with van der Waals surface area (Å²) in [5, 5.41) is 12.3. The number of amides is 1. The Hall–Kier alpha value is -1.10. The number of carbonyl (C=O) groups is 2. The first-order valence-electron chi connectivity index (χ1n) is 7.70. The summed E-state index contributed by atoms with van der Waals surface area (Å²) >= 11 is 0. The largest absolute Gasteiger partial charge is 0.481 e. The Bertz CT molecular complexity index is 352. The highest BCUT2D eigenvalue weighted by Crippen LogP contribution is 2.31. The van der Waals surface area contributed by atoms with E-state index in [-0.39, 0.29) is 17.9 Å². The van der Waals surface area contributed by atoms with Crippen LogP contribution in [0.3, 0.4) is 0 Å². The maximum atomic E-state index is 12.4. The van der Waals surface area contributed by atoms with Crippen LogP contribution in [-0.4, -0.2) is 36.2 Å². The number of carboxylic acids is 1. The highest BCUT2D eigenvalue weighted by molar-refractivity contribution is 5.85. The van der Waals surface area contributed by atoms with Crippen molar-refractivity contribution in [3.05, 3.63) is 0 Å². The van der Waals surface area contributed by atoms with E-state index in [0.717, 1.165) is 38.9 Å². The van der Waals surface area contributed by atoms with Gasteiger partial charge in [0, 0.05) is 19.3 Å². The third-order valence-electron chi connectivity index (χ3n) is 4.76. The molecule has 0 spiro atoms. The molecule has 2 aliphatic rings. The Labute approximate surface area is 120 Å². The van der Waals surface area contributed by atoms with Crippen molar-refractivity contribution in [2.24, 2.45) is 17.8 Å². The molecule has 20 heavy (non-hydrogen) atoms. The topological polar surface area (TPSA) is 75.6 Å². The Kier molecular flexibility index (Phi) is 5.40. The second kappa shape index (κ2) is 7.07. The van der Waals surface area contributed by atoms with Crippen molar-refractivity contribution in [2.75, 3.05) is 13.2 Å². The highest BCUT2D eigenvalue weighted by atomic mass is 16.5. The number of carbonyl (C=O) groups excluding carboxylic acids is 1. The molecule has 0 bridgehead atoms. The molecule has 0 aromatic rings. The van der Waals surface area contributed by atoms with E-state index in [1.54, 1.807) is 0 Å². The van der Waals surface area contributed by atoms with Crippen molar-refractivity contribution in [1.82, 2.24) is 5.32 Å². The fourth-order valence-corrected chi connectivity index (χ4v) is 3.41. The molecule has 1 saturated carbocycles. The molecular weight excluding hydrogens is 258 g/mol. The second-order valence-corrected chi connectivity index (χ2v) is 6.08. The molecule has 2 fully saturated rings. The average Bonchev–Trinajstić information content (AvgIpc) is 2.48. The van der Waals surface area contributed by atoms with Crippen LogP contribution in [0.2, 0.25) is 0 Å². The second-order valence-electron chi connectivity index (χ2n) is 6.08. The van der Waals surface area contributed by atoms with Gasteiger partial charge in [0.25, 0.3) is 0 Å². The van der Waals surface area contributed by atoms with Crippen LogP contribution in [0, 0.1) is 17.8 Å². The van der Waals surface area contributed by atoms with Crippen LogP contribution in [-0.2, 0) is 14.3 Å². The molecule has 0 aromatic heterocycles. The van der Waals surface area contributed by atoms with Crippen molar-refractivity contribution in [3.63, 3.8) is 0 Å². The molecule has 5 heteroatoms. The van der Waals surface area contributed by atoms with E-state index in [9.17, 15) is 14.7 Å². The van der Waals surface area contributed by atoms with Crippen LogP contribution >= 0.6 is 0 Å². The molecule has 0 radical (unpaired) electrons. The summed E-state index contributed by atoms with van der Waals surface area (Å²) in [6.45, 7) is 3.53. The van der Waals surface area contributed by atoms with Crippen LogP contribution in [0.5, 0.6) is 0 Å². The first-order valence-corrected chi connectivity index (χ1v) is 7.70. The van der Waals surface area contributed by atoms with Gasteiger partial charge in [-0.15, -0.1) is 0 Å². The van der Waals surface area contributed by atoms with Gasteiger partial charge in [0.1, 0.15) is 0 Å². The van der Waals surface area contributed by atoms with E-state index in [1.807, 2.05) is 6.92 Å². The zero-order chi connectivity index (χ0) is 14.5. The average molecular weight is 283 g/mol. The van der Waals surface area contributed by atoms with E-state index in [4.69, 9.17) is 4.74 Å². The number of nitrogens with one attached hydrogen (secondary N) is 1. The van der Waals surface area contributed by atoms with Gasteiger partial charge in [0.2, 0.25) is 5.91 Å². The standard InChI is InChI=1S/C15H25NO4/c1-10(11-6-8-20-9-7-11)16-14(17)12-4-2-3-5-13(12)15(18)19/h10-13H,2-9H2,1H3,(H,16,17)(H,18,19)/t10?,12-,13+/m1/s1. The van der Waals surface area contributed by atoms with Gasteiger partial charge in [0.05, 0.1) is 11.8 Å². The van der Waals surface area contributed by atoms with E-state index in [0.29, 0.717) is 18.8 Å². The normalized spacial score (nSPS) is 29.6. The van der Waals surface area contributed by atoms with Crippen molar-refractivity contribution < 1.29 is 19.4 Å². The van der Waals surface area contributed by atoms with E-state index in [2.05, 4.69) is 5.32 Å². The number of rotatable bonds is 4. The molecule has 0 aromatic carbocycles. The molecule has 1 saturated heterocycles. The minimum Gasteiger partial charge on any atom is -0.481 e. The molecule has 1 unspecified atom stereocenters. The lowest BCUT2D eigenvalue weighted by molar-refractivity contribution is -0.149. The zero-order valence-corrected chi connectivity index (χ0v) is 12.1. The number of ether oxygens (including phenoxy) is 1. The van der Waals surface area contributed by atoms with Gasteiger partial charge in [0.15, 0.2) is 0 Å². The third-order valence-corrected chi connectivity index (χ3v) is 4.76. The zero-order valence-electron chi connectivity index (χ0n) is 12.1. The van der Waals surface area contributed by atoms with Gasteiger partial charge in [-0.1, -0.05) is 12.8 Å². The maximum Gasteiger partial charge on any atom is 0.307 e. The van der Waals surface area contributed by atoms with Crippen LogP contribution in [0.1, 0.15) is 45.4 Å². The number of aliphatic carboxylic acids is 1. The lowest BCUT2D eigenvalue weighted by Crippen LogP contribution is -2.46. The van der Waals surface area contributed by atoms with Gasteiger partial charge in [-0.05, 0) is 38.5 Å². The van der Waals surface area contributed by atoms with Crippen LogP contribution < -0.4 is 5.32 Å². The van der Waals surface area contributed by atoms with Crippen molar-refractivity contribution in [3.8, 4) is 0 Å². The predicted molar refractivity (Wildman–Crippen MR) is 74.2 cm³/mol. The van der Waals surface area contributed by atoms with Crippen LogP contribution in [0.4, 0.5) is 0 Å². The molecule has 2 rings (SSSR count). The molecule has 1 aliphatic carbocycles. The summed E-state index contributed by atoms with van der Waals surface area (Å²) < 4.78 is 5.33. The fraction of sp³-hybridized carbons (Fsp3) is 0.867. The quantitative estimate of drug-likeness (QED) is 0.825. The SMILES string of the molecule is CC(NC(=O)[C@@H]1CCCC[C@@H]1C(=O)O)C1CCOCC1. The smallest absolute Gasteiger partial charge is 0.307 e. The molecule has 5 nitrogen and oxygen atoms in total. The van der Waals surface area contributed by atoms with Gasteiger partial charge >= 0.3 is 5.97 Å². The molecule has 2 N–H and O–H groups in total. The first-order chi connectivity index (χ1) is 9.59. The maximum absolute atomic E-state index is 12.4. The molecule has 1 amide bonds. The Morgan fingerprint density at radius 2 is 1.70 bits per heavy atom. The van der Waals surface area contributed by atoms with Gasteiger partial charge in [-0.2, -0.15) is 0 Å². The molecule has 114 valence electrons. The lowest BCUT2D eigenvalue weighted by atomic mass is 9.78. The molecule has 1 heterocycles. The summed E-state index contributed by atoms with van der Waals surface area (Å²) in [6.07, 6.45) is 5.12. The van der Waals surface area contributed by atoms with E-state index >= 15 is 0 Å². The summed E-state index contributed by atoms with van der Waals surface area (Å²) in [5.74, 6) is -1.33. The van der Waals surface area contributed by atoms with Crippen LogP contribution in [0.15, 0.2) is 0 Å². The minimum atomic E-state index is -0.830. The first kappa shape index (κ1) is 15.3. The van der Waals surface area contributed by atoms with Crippen molar-refractivity contribution >= 4 is 11.9 Å². The Morgan fingerprint density at radius 1 is 1.10 bits per heavy atom. The van der Waals surface area contributed by atoms with Crippen molar-refractivity contribution in [2.45, 2.75) is 51.5 Å². The molecular formula is C15H25NO4. The molecule has 1 aliphatic heterocycles. The Morgan fingerprint density at radius 3 is 2.30 bits per heavy atom. The highest BCUT2D eigenvalue weighted by Gasteiger charge is 2.36. The third kappa shape index (κ3) is 3.72. The monoisotopic (exact) mass is 283 g/mol. The van der Waals surface area contributed by atoms with E-state index in [1.165, 1.54) is 0 Å². The summed E-state index contributed by atoms with van der Waals surface area (Å²) in [7, 11) is 0. The van der Waals surface area contributed by atoms with Gasteiger partial charge in [-0.3, -0.25) is 9.59 Å². The molecule has 3 atom stereocenters. The summed E-state index contributed by atoms with van der Waals surface area (Å²) in [6, 6.07) is 0.0998.